The van der Waals surface area contributed by atoms with E-state index in [0.717, 1.165) is 42.4 Å². The fourth-order valence-corrected chi connectivity index (χ4v) is 4.98. The first kappa shape index (κ1) is 16.5. The molecule has 6 heteroatoms. The Kier molecular flexibility index (Phi) is 4.48. The number of hydrogen-bond donors (Lipinski definition) is 1. The second kappa shape index (κ2) is 6.77. The van der Waals surface area contributed by atoms with Crippen LogP contribution < -0.4 is 5.32 Å². The number of hydrogen-bond acceptors (Lipinski definition) is 6. The van der Waals surface area contributed by atoms with Gasteiger partial charge in [0.05, 0.1) is 13.2 Å². The first-order valence-corrected chi connectivity index (χ1v) is 9.63. The van der Waals surface area contributed by atoms with Crippen LogP contribution in [0.3, 0.4) is 0 Å². The van der Waals surface area contributed by atoms with Gasteiger partial charge in [-0.3, -0.25) is 4.90 Å². The molecule has 1 aromatic heterocycles. The van der Waals surface area contributed by atoms with E-state index >= 15 is 0 Å². The van der Waals surface area contributed by atoms with Crippen LogP contribution in [0.2, 0.25) is 0 Å². The van der Waals surface area contributed by atoms with Crippen molar-refractivity contribution in [3.63, 3.8) is 0 Å². The van der Waals surface area contributed by atoms with E-state index in [1.807, 2.05) is 6.92 Å². The van der Waals surface area contributed by atoms with Gasteiger partial charge in [0.1, 0.15) is 5.01 Å². The van der Waals surface area contributed by atoms with Gasteiger partial charge in [0.2, 0.25) is 0 Å². The number of aromatic nitrogens is 1. The smallest absolute Gasteiger partial charge is 0.357 e. The molecule has 2 aliphatic heterocycles. The summed E-state index contributed by atoms with van der Waals surface area (Å²) >= 11 is 1.63. The molecule has 0 amide bonds. The number of para-hydroxylation sites is 1. The van der Waals surface area contributed by atoms with Crippen LogP contribution in [0.4, 0.5) is 5.69 Å². The van der Waals surface area contributed by atoms with Gasteiger partial charge in [0.15, 0.2) is 5.69 Å². The zero-order chi connectivity index (χ0) is 17.4. The van der Waals surface area contributed by atoms with Crippen LogP contribution in [0.5, 0.6) is 0 Å². The number of likely N-dealkylation sites (tertiary alicyclic amines) is 1. The molecule has 1 fully saturated rings. The number of ether oxygens (including phenoxy) is 1. The van der Waals surface area contributed by atoms with Crippen molar-refractivity contribution in [1.29, 1.82) is 0 Å². The number of rotatable bonds is 4. The molecule has 3 heterocycles. The van der Waals surface area contributed by atoms with E-state index in [4.69, 9.17) is 4.74 Å². The van der Waals surface area contributed by atoms with Crippen LogP contribution in [0.1, 0.15) is 50.4 Å². The molecule has 1 atom stereocenters. The molecule has 4 rings (SSSR count). The molecule has 1 N–H and O–H groups in total. The number of carbonyl (C=O) groups is 1. The minimum atomic E-state index is -0.338. The van der Waals surface area contributed by atoms with Gasteiger partial charge < -0.3 is 10.1 Å². The maximum Gasteiger partial charge on any atom is 0.357 e. The summed E-state index contributed by atoms with van der Waals surface area (Å²) < 4.78 is 4.85. The van der Waals surface area contributed by atoms with Crippen LogP contribution in [-0.4, -0.2) is 36.1 Å². The predicted molar refractivity (Wildman–Crippen MR) is 99.2 cm³/mol. The van der Waals surface area contributed by atoms with Crippen molar-refractivity contribution in [1.82, 2.24) is 9.88 Å². The lowest BCUT2D eigenvalue weighted by molar-refractivity contribution is 0.0593. The highest BCUT2D eigenvalue weighted by atomic mass is 32.1. The first-order chi connectivity index (χ1) is 12.2. The molecular weight excluding hydrogens is 334 g/mol. The summed E-state index contributed by atoms with van der Waals surface area (Å²) in [5, 5.41) is 4.57. The molecule has 0 bridgehead atoms. The molecule has 0 radical (unpaired) electrons. The summed E-state index contributed by atoms with van der Waals surface area (Å²) in [6.07, 6.45) is 3.37. The average Bonchev–Trinajstić information content (AvgIpc) is 3.33. The van der Waals surface area contributed by atoms with Gasteiger partial charge in [-0.05, 0) is 43.9 Å². The minimum absolute atomic E-state index is 0.291. The van der Waals surface area contributed by atoms with Crippen LogP contribution in [0.25, 0.3) is 0 Å². The number of anilines is 1. The molecule has 1 unspecified atom stereocenters. The molecule has 0 aliphatic carbocycles. The molecule has 1 aromatic carbocycles. The van der Waals surface area contributed by atoms with Gasteiger partial charge in [0.25, 0.3) is 0 Å². The van der Waals surface area contributed by atoms with Gasteiger partial charge >= 0.3 is 5.97 Å². The lowest BCUT2D eigenvalue weighted by Crippen LogP contribution is -2.23. The van der Waals surface area contributed by atoms with Gasteiger partial charge in [-0.1, -0.05) is 18.2 Å². The van der Waals surface area contributed by atoms with E-state index in [1.54, 1.807) is 11.3 Å². The third-order valence-corrected chi connectivity index (χ3v) is 6.22. The molecule has 0 saturated carbocycles. The number of fused-ring (bicyclic) bond motifs is 1. The molecular formula is C19H23N3O2S. The number of nitrogens with zero attached hydrogens (tertiary/aromatic N) is 2. The Hall–Kier alpha value is -1.92. The summed E-state index contributed by atoms with van der Waals surface area (Å²) in [6.45, 7) is 4.97. The summed E-state index contributed by atoms with van der Waals surface area (Å²) in [7, 11) is 1.41. The van der Waals surface area contributed by atoms with Gasteiger partial charge in [-0.25, -0.2) is 9.78 Å². The van der Waals surface area contributed by atoms with Crippen molar-refractivity contribution < 1.29 is 9.53 Å². The zero-order valence-electron chi connectivity index (χ0n) is 14.7. The maximum absolute atomic E-state index is 11.9. The average molecular weight is 357 g/mol. The van der Waals surface area contributed by atoms with Crippen molar-refractivity contribution in [2.75, 3.05) is 25.5 Å². The Labute approximate surface area is 152 Å². The highest BCUT2D eigenvalue weighted by molar-refractivity contribution is 7.12. The molecule has 2 aliphatic rings. The highest BCUT2D eigenvalue weighted by Gasteiger charge is 2.31. The summed E-state index contributed by atoms with van der Waals surface area (Å²) in [5.41, 5.74) is 4.57. The Morgan fingerprint density at radius 2 is 2.36 bits per heavy atom. The minimum Gasteiger partial charge on any atom is -0.464 e. The van der Waals surface area contributed by atoms with Crippen molar-refractivity contribution in [2.45, 2.75) is 38.8 Å². The van der Waals surface area contributed by atoms with Gasteiger partial charge in [-0.2, -0.15) is 0 Å². The van der Waals surface area contributed by atoms with E-state index in [2.05, 4.69) is 33.4 Å². The standard InChI is InChI=1S/C19H23N3O2S/c1-12-16(19(23)24-2)21-18(25-12)15-7-4-10-22(15)11-14-6-3-5-13-8-9-20-17(13)14/h3,5-6,15,20H,4,7-11H2,1-2H3. The van der Waals surface area contributed by atoms with E-state index < -0.39 is 0 Å². The van der Waals surface area contributed by atoms with E-state index in [1.165, 1.54) is 30.3 Å². The van der Waals surface area contributed by atoms with Crippen LogP contribution >= 0.6 is 11.3 Å². The number of benzene rings is 1. The second-order valence-corrected chi connectivity index (χ2v) is 7.94. The predicted octanol–water partition coefficient (Wildman–Crippen LogP) is 3.54. The van der Waals surface area contributed by atoms with Crippen molar-refractivity contribution in [3.8, 4) is 0 Å². The number of esters is 1. The van der Waals surface area contributed by atoms with Crippen LogP contribution in [0, 0.1) is 6.92 Å². The van der Waals surface area contributed by atoms with Gasteiger partial charge in [-0.15, -0.1) is 11.3 Å². The third kappa shape index (κ3) is 3.04. The number of methoxy groups -OCH3 is 1. The lowest BCUT2D eigenvalue weighted by atomic mass is 10.1. The van der Waals surface area contributed by atoms with E-state index in [0.29, 0.717) is 11.7 Å². The maximum atomic E-state index is 11.9. The van der Waals surface area contributed by atoms with Crippen molar-refractivity contribution >= 4 is 23.0 Å². The number of aryl methyl sites for hydroxylation is 1. The number of nitrogens with one attached hydrogen (secondary N) is 1. The summed E-state index contributed by atoms with van der Waals surface area (Å²) in [4.78, 5) is 19.9. The first-order valence-electron chi connectivity index (χ1n) is 8.81. The number of thiazole rings is 1. The second-order valence-electron chi connectivity index (χ2n) is 6.71. The van der Waals surface area contributed by atoms with Crippen LogP contribution in [0.15, 0.2) is 18.2 Å². The molecule has 2 aromatic rings. The van der Waals surface area contributed by atoms with Gasteiger partial charge in [0, 0.05) is 23.7 Å². The molecule has 1 saturated heterocycles. The molecule has 25 heavy (non-hydrogen) atoms. The number of carbonyl (C=O) groups excluding carboxylic acids is 1. The largest absolute Gasteiger partial charge is 0.464 e. The Morgan fingerprint density at radius 1 is 1.48 bits per heavy atom. The Bertz CT molecular complexity index is 802. The summed E-state index contributed by atoms with van der Waals surface area (Å²) in [5.74, 6) is -0.338. The van der Waals surface area contributed by atoms with E-state index in [9.17, 15) is 4.79 Å². The summed E-state index contributed by atoms with van der Waals surface area (Å²) in [6, 6.07) is 6.89. The van der Waals surface area contributed by atoms with Crippen molar-refractivity contribution in [2.24, 2.45) is 0 Å². The Balaban J connectivity index is 1.57. The Morgan fingerprint density at radius 3 is 3.20 bits per heavy atom. The topological polar surface area (TPSA) is 54.5 Å². The molecule has 132 valence electrons. The van der Waals surface area contributed by atoms with Crippen LogP contribution in [-0.2, 0) is 17.7 Å². The fraction of sp³-hybridized carbons (Fsp3) is 0.474. The highest BCUT2D eigenvalue weighted by Crippen LogP contribution is 2.38. The fourth-order valence-electron chi connectivity index (χ4n) is 3.90. The normalized spacial score (nSPS) is 19.7. The third-order valence-electron chi connectivity index (χ3n) is 5.15. The monoisotopic (exact) mass is 357 g/mol. The SMILES string of the molecule is COC(=O)c1nc(C2CCCN2Cc2cccc3c2NCC3)sc1C. The molecule has 0 spiro atoms. The zero-order valence-corrected chi connectivity index (χ0v) is 15.5. The van der Waals surface area contributed by atoms with E-state index in [-0.39, 0.29) is 5.97 Å². The van der Waals surface area contributed by atoms with Crippen molar-refractivity contribution in [3.05, 3.63) is 44.9 Å². The lowest BCUT2D eigenvalue weighted by Gasteiger charge is -2.24. The molecule has 5 nitrogen and oxygen atoms in total. The quantitative estimate of drug-likeness (QED) is 0.848.